The van der Waals surface area contributed by atoms with Crippen LogP contribution in [0.3, 0.4) is 0 Å². The maximum absolute atomic E-state index is 16.6. The molecule has 35 heavy (non-hydrogen) atoms. The normalized spacial score (nSPS) is 42.6. The Morgan fingerprint density at radius 2 is 1.91 bits per heavy atom. The van der Waals surface area contributed by atoms with Crippen LogP contribution < -0.4 is 16.2 Å². The lowest BCUT2D eigenvalue weighted by atomic mass is 9.48. The molecular formula is C28H41F2N3O2. The highest BCUT2D eigenvalue weighted by Crippen LogP contribution is 2.66. The minimum atomic E-state index is -1.17. The third kappa shape index (κ3) is 4.07. The molecule has 0 saturated heterocycles. The standard InChI is InChI=1S/C28H41F2N3O2/c1-26(35)12-13-28(30)17(15-26)4-6-19-20-7-8-22(27(20,2)11-10-21(19)28)25(34)16-33(32-3)24-14-18(29)5-9-23(24)31/h5,9,14,17,19-22,32,35H,4,6-8,10-13,15-16,31H2,1-3H3/t17-,19+,20+,21+,22-,26-,27+,28-/m1/s1. The molecule has 194 valence electrons. The second kappa shape index (κ2) is 8.69. The molecule has 4 aliphatic carbocycles. The topological polar surface area (TPSA) is 78.6 Å². The van der Waals surface area contributed by atoms with Gasteiger partial charge in [0.1, 0.15) is 11.5 Å². The summed E-state index contributed by atoms with van der Waals surface area (Å²) in [5.74, 6) is 0.335. The number of fused-ring (bicyclic) bond motifs is 5. The molecule has 4 aliphatic rings. The molecule has 5 nitrogen and oxygen atoms in total. The van der Waals surface area contributed by atoms with Gasteiger partial charge in [-0.05, 0) is 106 Å². The van der Waals surface area contributed by atoms with Crippen molar-refractivity contribution in [2.24, 2.45) is 35.0 Å². The van der Waals surface area contributed by atoms with Crippen LogP contribution in [0, 0.1) is 40.8 Å². The Hall–Kier alpha value is -1.73. The number of aliphatic hydroxyl groups is 1. The number of hydrogen-bond donors (Lipinski definition) is 3. The van der Waals surface area contributed by atoms with E-state index >= 15 is 4.39 Å². The Bertz CT molecular complexity index is 987. The molecule has 8 atom stereocenters. The minimum absolute atomic E-state index is 0.0448. The molecule has 0 aliphatic heterocycles. The fraction of sp³-hybridized carbons (Fsp3) is 0.750. The van der Waals surface area contributed by atoms with Crippen LogP contribution >= 0.6 is 0 Å². The van der Waals surface area contributed by atoms with Crippen molar-refractivity contribution < 1.29 is 18.7 Å². The SMILES string of the molecule is CNN(CC(=O)[C@H]1CC[C@H]2[C@@H]3CC[C@@H]4C[C@](C)(O)CC[C@]4(F)[C@H]3CC[C@]12C)c1cc(F)ccc1N. The van der Waals surface area contributed by atoms with Crippen LogP contribution in [0.2, 0.25) is 0 Å². The number of Topliss-reactive ketones (excluding diaryl/α,β-unsaturated/α-hetero) is 1. The van der Waals surface area contributed by atoms with Gasteiger partial charge in [0.05, 0.1) is 23.5 Å². The number of ketones is 1. The molecule has 7 heteroatoms. The monoisotopic (exact) mass is 489 g/mol. The number of nitrogen functional groups attached to an aromatic ring is 1. The molecule has 0 aromatic heterocycles. The van der Waals surface area contributed by atoms with Crippen molar-refractivity contribution in [1.82, 2.24) is 5.43 Å². The summed E-state index contributed by atoms with van der Waals surface area (Å²) >= 11 is 0. The molecule has 0 heterocycles. The van der Waals surface area contributed by atoms with Gasteiger partial charge in [-0.15, -0.1) is 0 Å². The number of carbonyl (C=O) groups excluding carboxylic acids is 1. The van der Waals surface area contributed by atoms with E-state index in [0.29, 0.717) is 42.5 Å². The first-order valence-electron chi connectivity index (χ1n) is 13.4. The minimum Gasteiger partial charge on any atom is -0.397 e. The smallest absolute Gasteiger partial charge is 0.157 e. The number of halogens is 2. The average molecular weight is 490 g/mol. The lowest BCUT2D eigenvalue weighted by molar-refractivity contribution is -0.165. The Morgan fingerprint density at radius 1 is 1.14 bits per heavy atom. The first kappa shape index (κ1) is 24.9. The van der Waals surface area contributed by atoms with E-state index in [0.717, 1.165) is 38.5 Å². The van der Waals surface area contributed by atoms with Crippen molar-refractivity contribution in [3.63, 3.8) is 0 Å². The Labute approximate surface area is 207 Å². The number of nitrogens with one attached hydrogen (secondary N) is 1. The molecule has 4 saturated carbocycles. The molecule has 0 amide bonds. The lowest BCUT2D eigenvalue weighted by Crippen LogP contribution is -2.58. The van der Waals surface area contributed by atoms with Crippen LogP contribution in [0.5, 0.6) is 0 Å². The number of nitrogens with zero attached hydrogens (tertiary/aromatic N) is 1. The van der Waals surface area contributed by atoms with E-state index in [1.165, 1.54) is 18.2 Å². The summed E-state index contributed by atoms with van der Waals surface area (Å²) in [6.45, 7) is 4.23. The van der Waals surface area contributed by atoms with E-state index < -0.39 is 17.1 Å². The highest BCUT2D eigenvalue weighted by atomic mass is 19.1. The molecule has 0 unspecified atom stereocenters. The zero-order valence-corrected chi connectivity index (χ0v) is 21.3. The largest absolute Gasteiger partial charge is 0.397 e. The number of carbonyl (C=O) groups is 1. The fourth-order valence-electron chi connectivity index (χ4n) is 8.81. The first-order chi connectivity index (χ1) is 16.5. The summed E-state index contributed by atoms with van der Waals surface area (Å²) in [6, 6.07) is 4.18. The van der Waals surface area contributed by atoms with Gasteiger partial charge in [0.15, 0.2) is 5.78 Å². The van der Waals surface area contributed by atoms with Crippen LogP contribution in [-0.2, 0) is 4.79 Å². The molecule has 1 aromatic rings. The van der Waals surface area contributed by atoms with E-state index in [9.17, 15) is 14.3 Å². The number of nitrogens with two attached hydrogens (primary N) is 1. The molecule has 5 rings (SSSR count). The van der Waals surface area contributed by atoms with Crippen molar-refractivity contribution >= 4 is 17.2 Å². The number of benzene rings is 1. The Balaban J connectivity index is 1.33. The predicted molar refractivity (Wildman–Crippen MR) is 134 cm³/mol. The maximum atomic E-state index is 16.6. The summed E-state index contributed by atoms with van der Waals surface area (Å²) < 4.78 is 30.4. The number of hydrazine groups is 1. The zero-order chi connectivity index (χ0) is 25.2. The van der Waals surface area contributed by atoms with Gasteiger partial charge in [-0.2, -0.15) is 0 Å². The average Bonchev–Trinajstić information content (AvgIpc) is 3.17. The van der Waals surface area contributed by atoms with Crippen molar-refractivity contribution in [3.05, 3.63) is 24.0 Å². The first-order valence-corrected chi connectivity index (χ1v) is 13.4. The van der Waals surface area contributed by atoms with Crippen LogP contribution in [-0.4, -0.2) is 35.8 Å². The maximum Gasteiger partial charge on any atom is 0.157 e. The zero-order valence-electron chi connectivity index (χ0n) is 21.3. The van der Waals surface area contributed by atoms with E-state index in [-0.39, 0.29) is 35.5 Å². The van der Waals surface area contributed by atoms with Gasteiger partial charge in [-0.25, -0.2) is 14.2 Å². The van der Waals surface area contributed by atoms with Crippen molar-refractivity contribution in [2.75, 3.05) is 24.3 Å². The molecule has 0 spiro atoms. The summed E-state index contributed by atoms with van der Waals surface area (Å²) in [6.07, 6.45) is 6.89. The number of alkyl halides is 1. The Kier molecular flexibility index (Phi) is 6.19. The van der Waals surface area contributed by atoms with Gasteiger partial charge in [-0.1, -0.05) is 6.92 Å². The third-order valence-corrected chi connectivity index (χ3v) is 10.6. The van der Waals surface area contributed by atoms with Crippen LogP contribution in [0.1, 0.15) is 71.6 Å². The predicted octanol–water partition coefficient (Wildman–Crippen LogP) is 5.03. The lowest BCUT2D eigenvalue weighted by Gasteiger charge is -2.59. The van der Waals surface area contributed by atoms with E-state index in [1.54, 1.807) is 12.1 Å². The fourth-order valence-corrected chi connectivity index (χ4v) is 8.81. The van der Waals surface area contributed by atoms with Crippen molar-refractivity contribution in [1.29, 1.82) is 0 Å². The number of anilines is 2. The van der Waals surface area contributed by atoms with E-state index in [2.05, 4.69) is 12.3 Å². The Morgan fingerprint density at radius 3 is 2.66 bits per heavy atom. The molecule has 4 fully saturated rings. The summed E-state index contributed by atoms with van der Waals surface area (Å²) in [5.41, 5.74) is 7.92. The van der Waals surface area contributed by atoms with Crippen LogP contribution in [0.15, 0.2) is 18.2 Å². The molecular weight excluding hydrogens is 448 g/mol. The van der Waals surface area contributed by atoms with Crippen molar-refractivity contribution in [3.8, 4) is 0 Å². The van der Waals surface area contributed by atoms with Gasteiger partial charge in [0, 0.05) is 19.0 Å². The van der Waals surface area contributed by atoms with Gasteiger partial charge in [-0.3, -0.25) is 9.80 Å². The third-order valence-electron chi connectivity index (χ3n) is 10.6. The molecule has 1 aromatic carbocycles. The summed E-state index contributed by atoms with van der Waals surface area (Å²) in [7, 11) is 1.71. The number of rotatable bonds is 5. The summed E-state index contributed by atoms with van der Waals surface area (Å²) in [5, 5.41) is 12.2. The van der Waals surface area contributed by atoms with Gasteiger partial charge in [0.25, 0.3) is 0 Å². The van der Waals surface area contributed by atoms with E-state index in [4.69, 9.17) is 5.73 Å². The second-order valence-corrected chi connectivity index (χ2v) is 12.4. The quantitative estimate of drug-likeness (QED) is 0.399. The van der Waals surface area contributed by atoms with E-state index in [1.807, 2.05) is 6.92 Å². The van der Waals surface area contributed by atoms with Gasteiger partial charge < -0.3 is 10.8 Å². The molecule has 0 radical (unpaired) electrons. The van der Waals surface area contributed by atoms with Gasteiger partial charge in [0.2, 0.25) is 0 Å². The second-order valence-electron chi connectivity index (χ2n) is 12.4. The molecule has 4 N–H and O–H groups in total. The van der Waals surface area contributed by atoms with Crippen LogP contribution in [0.25, 0.3) is 0 Å². The van der Waals surface area contributed by atoms with Gasteiger partial charge >= 0.3 is 0 Å². The van der Waals surface area contributed by atoms with Crippen molar-refractivity contribution in [2.45, 2.75) is 82.9 Å². The molecule has 0 bridgehead atoms. The van der Waals surface area contributed by atoms with Crippen LogP contribution in [0.4, 0.5) is 20.2 Å². The highest BCUT2D eigenvalue weighted by molar-refractivity contribution is 5.87. The summed E-state index contributed by atoms with van der Waals surface area (Å²) in [4.78, 5) is 13.6. The number of hydrogen-bond acceptors (Lipinski definition) is 5. The highest BCUT2D eigenvalue weighted by Gasteiger charge is 2.63.